The maximum atomic E-state index is 12.9. The van der Waals surface area contributed by atoms with Crippen LogP contribution in [0, 0.1) is 0 Å². The van der Waals surface area contributed by atoms with Crippen LogP contribution in [0.4, 0.5) is 24.5 Å². The molecule has 3 aromatic rings. The quantitative estimate of drug-likeness (QED) is 0.417. The molecule has 1 amide bonds. The molecule has 0 saturated carbocycles. The minimum atomic E-state index is -4.59. The minimum Gasteiger partial charge on any atom is -0.325 e. The molecular formula is C23H21F3N2O3S2. The van der Waals surface area contributed by atoms with Crippen LogP contribution in [-0.4, -0.2) is 19.6 Å². The van der Waals surface area contributed by atoms with Crippen molar-refractivity contribution in [1.29, 1.82) is 0 Å². The van der Waals surface area contributed by atoms with E-state index in [4.69, 9.17) is 0 Å². The summed E-state index contributed by atoms with van der Waals surface area (Å²) in [5.41, 5.74) is 0.349. The van der Waals surface area contributed by atoms with Gasteiger partial charge in [-0.2, -0.15) is 13.2 Å². The molecule has 0 aliphatic rings. The average Bonchev–Trinajstić information content (AvgIpc) is 2.78. The average molecular weight is 495 g/mol. The van der Waals surface area contributed by atoms with Crippen LogP contribution in [0.15, 0.2) is 83.8 Å². The number of anilines is 2. The van der Waals surface area contributed by atoms with E-state index in [1.807, 2.05) is 30.3 Å². The Morgan fingerprint density at radius 2 is 1.61 bits per heavy atom. The molecule has 0 radical (unpaired) electrons. The third-order valence-corrected chi connectivity index (χ3v) is 7.20. The van der Waals surface area contributed by atoms with Crippen LogP contribution in [0.3, 0.4) is 0 Å². The van der Waals surface area contributed by atoms with E-state index in [1.165, 1.54) is 42.1 Å². The van der Waals surface area contributed by atoms with Gasteiger partial charge in [0.25, 0.3) is 10.0 Å². The van der Waals surface area contributed by atoms with Crippen molar-refractivity contribution in [3.63, 3.8) is 0 Å². The Kier molecular flexibility index (Phi) is 7.70. The smallest absolute Gasteiger partial charge is 0.325 e. The highest BCUT2D eigenvalue weighted by molar-refractivity contribution is 7.99. The number of halogens is 3. The molecule has 0 unspecified atom stereocenters. The van der Waals surface area contributed by atoms with Gasteiger partial charge in [0.1, 0.15) is 0 Å². The van der Waals surface area contributed by atoms with Crippen LogP contribution in [0.2, 0.25) is 0 Å². The fourth-order valence-electron chi connectivity index (χ4n) is 2.81. The molecule has 3 aromatic carbocycles. The summed E-state index contributed by atoms with van der Waals surface area (Å²) in [5.74, 6) is 0.446. The van der Waals surface area contributed by atoms with Crippen LogP contribution in [-0.2, 0) is 26.7 Å². The van der Waals surface area contributed by atoms with Crippen molar-refractivity contribution in [2.75, 3.05) is 10.0 Å². The molecule has 33 heavy (non-hydrogen) atoms. The van der Waals surface area contributed by atoms with E-state index < -0.39 is 21.8 Å². The van der Waals surface area contributed by atoms with E-state index in [9.17, 15) is 26.4 Å². The van der Waals surface area contributed by atoms with Crippen LogP contribution < -0.4 is 10.0 Å². The van der Waals surface area contributed by atoms with E-state index in [2.05, 4.69) is 10.0 Å². The molecule has 0 aliphatic carbocycles. The van der Waals surface area contributed by atoms with Gasteiger partial charge in [0, 0.05) is 17.1 Å². The lowest BCUT2D eigenvalue weighted by atomic mass is 10.2. The van der Waals surface area contributed by atoms with Crippen molar-refractivity contribution in [1.82, 2.24) is 0 Å². The van der Waals surface area contributed by atoms with Crippen molar-refractivity contribution in [3.8, 4) is 0 Å². The Hall–Kier alpha value is -2.98. The number of amides is 1. The van der Waals surface area contributed by atoms with Gasteiger partial charge in [0.05, 0.1) is 15.7 Å². The highest BCUT2D eigenvalue weighted by Gasteiger charge is 2.30. The van der Waals surface area contributed by atoms with Gasteiger partial charge in [-0.3, -0.25) is 9.52 Å². The van der Waals surface area contributed by atoms with Gasteiger partial charge >= 0.3 is 6.18 Å². The first-order chi connectivity index (χ1) is 15.5. The molecule has 0 fully saturated rings. The lowest BCUT2D eigenvalue weighted by molar-refractivity contribution is -0.137. The second-order valence-corrected chi connectivity index (χ2v) is 10.1. The Balaban J connectivity index is 1.61. The number of carbonyl (C=O) groups excluding carboxylic acids is 1. The van der Waals surface area contributed by atoms with E-state index in [1.54, 1.807) is 6.92 Å². The van der Waals surface area contributed by atoms with E-state index in [0.717, 1.165) is 23.8 Å². The molecule has 0 bridgehead atoms. The van der Waals surface area contributed by atoms with Crippen LogP contribution in [0.5, 0.6) is 0 Å². The van der Waals surface area contributed by atoms with Gasteiger partial charge in [-0.15, -0.1) is 11.8 Å². The SMILES string of the molecule is C[C@@H](SCc1ccccc1)C(=O)Nc1ccc(S(=O)(=O)Nc2cccc(C(F)(F)F)c2)cc1. The molecule has 1 atom stereocenters. The largest absolute Gasteiger partial charge is 0.416 e. The number of carbonyl (C=O) groups is 1. The molecular weight excluding hydrogens is 473 g/mol. The van der Waals surface area contributed by atoms with Gasteiger partial charge in [-0.05, 0) is 55.0 Å². The minimum absolute atomic E-state index is 0.149. The number of sulfonamides is 1. The Bertz CT molecular complexity index is 1200. The summed E-state index contributed by atoms with van der Waals surface area (Å²) in [5, 5.41) is 2.39. The number of alkyl halides is 3. The van der Waals surface area contributed by atoms with E-state index >= 15 is 0 Å². The summed E-state index contributed by atoms with van der Waals surface area (Å²) in [4.78, 5) is 12.3. The number of hydrogen-bond donors (Lipinski definition) is 2. The second-order valence-electron chi connectivity index (χ2n) is 7.14. The first-order valence-corrected chi connectivity index (χ1v) is 12.3. The van der Waals surface area contributed by atoms with Gasteiger partial charge in [-0.1, -0.05) is 36.4 Å². The van der Waals surface area contributed by atoms with Crippen molar-refractivity contribution < 1.29 is 26.4 Å². The van der Waals surface area contributed by atoms with Crippen molar-refractivity contribution >= 4 is 39.1 Å². The number of rotatable bonds is 8. The van der Waals surface area contributed by atoms with Crippen LogP contribution in [0.1, 0.15) is 18.1 Å². The monoisotopic (exact) mass is 494 g/mol. The molecule has 0 saturated heterocycles. The third-order valence-electron chi connectivity index (χ3n) is 4.59. The standard InChI is InChI=1S/C23H21F3N2O3S2/c1-16(32-15-17-6-3-2-4-7-17)22(29)27-19-10-12-21(13-11-19)33(30,31)28-20-9-5-8-18(14-20)23(24,25)26/h2-14,16,28H,15H2,1H3,(H,27,29)/t16-/m1/s1. The number of benzene rings is 3. The van der Waals surface area contributed by atoms with E-state index in [-0.39, 0.29) is 21.7 Å². The Morgan fingerprint density at radius 3 is 2.24 bits per heavy atom. The number of thioether (sulfide) groups is 1. The Morgan fingerprint density at radius 1 is 0.939 bits per heavy atom. The maximum absolute atomic E-state index is 12.9. The molecule has 0 heterocycles. The summed E-state index contributed by atoms with van der Waals surface area (Å²) in [6.45, 7) is 1.78. The summed E-state index contributed by atoms with van der Waals surface area (Å²) >= 11 is 1.47. The lowest BCUT2D eigenvalue weighted by Crippen LogP contribution is -2.22. The fraction of sp³-hybridized carbons (Fsp3) is 0.174. The molecule has 2 N–H and O–H groups in total. The number of hydrogen-bond acceptors (Lipinski definition) is 4. The summed E-state index contributed by atoms with van der Waals surface area (Å²) in [7, 11) is -4.11. The van der Waals surface area contributed by atoms with Crippen molar-refractivity contribution in [2.45, 2.75) is 29.0 Å². The summed E-state index contributed by atoms with van der Waals surface area (Å²) in [6, 6.07) is 19.1. The Labute approximate surface area is 194 Å². The fourth-order valence-corrected chi connectivity index (χ4v) is 4.70. The first kappa shape index (κ1) is 24.7. The summed E-state index contributed by atoms with van der Waals surface area (Å²) < 4.78 is 65.8. The van der Waals surface area contributed by atoms with Gasteiger partial charge < -0.3 is 5.32 Å². The van der Waals surface area contributed by atoms with Gasteiger partial charge in [0.15, 0.2) is 0 Å². The molecule has 10 heteroatoms. The van der Waals surface area contributed by atoms with Crippen molar-refractivity contribution in [3.05, 3.63) is 90.0 Å². The zero-order chi connectivity index (χ0) is 24.1. The molecule has 174 valence electrons. The molecule has 5 nitrogen and oxygen atoms in total. The lowest BCUT2D eigenvalue weighted by Gasteiger charge is -2.13. The van der Waals surface area contributed by atoms with Crippen LogP contribution >= 0.6 is 11.8 Å². The first-order valence-electron chi connectivity index (χ1n) is 9.81. The second kappa shape index (κ2) is 10.3. The summed E-state index contributed by atoms with van der Waals surface area (Å²) in [6.07, 6.45) is -4.59. The molecule has 0 aliphatic heterocycles. The zero-order valence-corrected chi connectivity index (χ0v) is 19.1. The topological polar surface area (TPSA) is 75.3 Å². The molecule has 0 spiro atoms. The van der Waals surface area contributed by atoms with Gasteiger partial charge in [0.2, 0.25) is 5.91 Å². The predicted octanol–water partition coefficient (Wildman–Crippen LogP) is 5.77. The van der Waals surface area contributed by atoms with Crippen LogP contribution in [0.25, 0.3) is 0 Å². The number of nitrogens with one attached hydrogen (secondary N) is 2. The normalized spacial score (nSPS) is 12.7. The molecule has 0 aromatic heterocycles. The highest BCUT2D eigenvalue weighted by atomic mass is 32.2. The maximum Gasteiger partial charge on any atom is 0.416 e. The predicted molar refractivity (Wildman–Crippen MR) is 125 cm³/mol. The molecule has 3 rings (SSSR count). The third kappa shape index (κ3) is 7.00. The highest BCUT2D eigenvalue weighted by Crippen LogP contribution is 2.31. The van der Waals surface area contributed by atoms with E-state index in [0.29, 0.717) is 11.4 Å². The zero-order valence-electron chi connectivity index (χ0n) is 17.5. The van der Waals surface area contributed by atoms with Crippen molar-refractivity contribution in [2.24, 2.45) is 0 Å². The van der Waals surface area contributed by atoms with Gasteiger partial charge in [-0.25, -0.2) is 8.42 Å².